The van der Waals surface area contributed by atoms with Gasteiger partial charge in [-0.05, 0) is 48.9 Å². The number of carbonyl (C=O) groups excluding carboxylic acids is 1. The van der Waals surface area contributed by atoms with E-state index in [1.807, 2.05) is 0 Å². The fourth-order valence-electron chi connectivity index (χ4n) is 4.30. The Morgan fingerprint density at radius 1 is 1.07 bits per heavy atom. The Bertz CT molecular complexity index is 909. The Morgan fingerprint density at radius 2 is 1.68 bits per heavy atom. The van der Waals surface area contributed by atoms with E-state index in [9.17, 15) is 22.8 Å². The average Bonchev–Trinajstić information content (AvgIpc) is 3.34. The number of alkyl halides is 3. The second-order valence-electron chi connectivity index (χ2n) is 7.33. The summed E-state index contributed by atoms with van der Waals surface area (Å²) < 4.78 is 40.5. The van der Waals surface area contributed by atoms with Crippen molar-refractivity contribution in [1.29, 1.82) is 0 Å². The van der Waals surface area contributed by atoms with Crippen LogP contribution >= 0.6 is 0 Å². The molecule has 1 saturated carbocycles. The molecule has 2 fully saturated rings. The van der Waals surface area contributed by atoms with Crippen molar-refractivity contribution in [2.45, 2.75) is 25.4 Å². The number of benzene rings is 1. The summed E-state index contributed by atoms with van der Waals surface area (Å²) in [5.41, 5.74) is -1.85. The van der Waals surface area contributed by atoms with Crippen LogP contribution in [0.5, 0.6) is 0 Å². The Hall–Kier alpha value is -2.84. The highest BCUT2D eigenvalue weighted by molar-refractivity contribution is 5.94. The summed E-state index contributed by atoms with van der Waals surface area (Å²) >= 11 is 0. The van der Waals surface area contributed by atoms with E-state index < -0.39 is 23.4 Å². The highest BCUT2D eigenvalue weighted by Crippen LogP contribution is 2.38. The van der Waals surface area contributed by atoms with Gasteiger partial charge in [0.25, 0.3) is 5.91 Å². The Morgan fingerprint density at radius 3 is 2.21 bits per heavy atom. The minimum absolute atomic E-state index is 0.0367. The average molecular weight is 393 g/mol. The molecule has 4 rings (SSSR count). The first-order valence-corrected chi connectivity index (χ1v) is 9.04. The molecule has 1 aromatic heterocycles. The third-order valence-corrected chi connectivity index (χ3v) is 5.64. The number of fused-ring (bicyclic) bond motifs is 1. The van der Waals surface area contributed by atoms with Gasteiger partial charge in [-0.1, -0.05) is 6.42 Å². The molecule has 2 atom stereocenters. The number of aromatic nitrogens is 2. The smallest absolute Gasteiger partial charge is 0.434 e. The number of rotatable bonds is 3. The molecule has 0 bridgehead atoms. The van der Waals surface area contributed by atoms with Crippen molar-refractivity contribution in [3.8, 4) is 5.69 Å². The lowest BCUT2D eigenvalue weighted by Crippen LogP contribution is -2.29. The lowest BCUT2D eigenvalue weighted by Gasteiger charge is -2.18. The number of halogens is 3. The summed E-state index contributed by atoms with van der Waals surface area (Å²) in [6.45, 7) is 1.45. The SMILES string of the molecule is O=C(O)c1cnn(-c2ccc(C(=O)N3CC4CCCC4C3)cc2)c1C(F)(F)F. The first kappa shape index (κ1) is 18.5. The number of carboxylic acids is 1. The summed E-state index contributed by atoms with van der Waals surface area (Å²) in [4.78, 5) is 25.6. The molecule has 1 amide bonds. The first-order chi connectivity index (χ1) is 13.3. The van der Waals surface area contributed by atoms with Gasteiger partial charge in [0, 0.05) is 18.7 Å². The third kappa shape index (κ3) is 3.14. The number of nitrogens with zero attached hydrogens (tertiary/aromatic N) is 3. The van der Waals surface area contributed by atoms with Crippen molar-refractivity contribution < 1.29 is 27.9 Å². The molecular formula is C19H18F3N3O3. The number of amides is 1. The van der Waals surface area contributed by atoms with E-state index in [1.54, 1.807) is 4.90 Å². The van der Waals surface area contributed by atoms with Crippen molar-refractivity contribution in [3.05, 3.63) is 47.3 Å². The first-order valence-electron chi connectivity index (χ1n) is 9.04. The molecule has 2 unspecified atom stereocenters. The highest BCUT2D eigenvalue weighted by Gasteiger charge is 2.41. The zero-order valence-electron chi connectivity index (χ0n) is 14.8. The van der Waals surface area contributed by atoms with Gasteiger partial charge in [-0.15, -0.1) is 0 Å². The number of carboxylic acid groups (broad SMARTS) is 1. The Balaban J connectivity index is 1.59. The summed E-state index contributed by atoms with van der Waals surface area (Å²) in [7, 11) is 0. The van der Waals surface area contributed by atoms with Gasteiger partial charge >= 0.3 is 12.1 Å². The maximum atomic E-state index is 13.3. The number of hydrogen-bond donors (Lipinski definition) is 1. The van der Waals surface area contributed by atoms with E-state index in [-0.39, 0.29) is 11.6 Å². The molecule has 9 heteroatoms. The molecule has 28 heavy (non-hydrogen) atoms. The lowest BCUT2D eigenvalue weighted by atomic mass is 10.0. The van der Waals surface area contributed by atoms with Crippen molar-refractivity contribution in [2.75, 3.05) is 13.1 Å². The van der Waals surface area contributed by atoms with Crippen LogP contribution in [0.2, 0.25) is 0 Å². The van der Waals surface area contributed by atoms with E-state index in [0.29, 0.717) is 28.3 Å². The van der Waals surface area contributed by atoms with Gasteiger partial charge in [0.1, 0.15) is 5.56 Å². The second-order valence-corrected chi connectivity index (χ2v) is 7.33. The van der Waals surface area contributed by atoms with Crippen molar-refractivity contribution in [3.63, 3.8) is 0 Å². The molecule has 148 valence electrons. The van der Waals surface area contributed by atoms with Crippen LogP contribution in [0.25, 0.3) is 5.69 Å². The van der Waals surface area contributed by atoms with Crippen LogP contribution in [0, 0.1) is 11.8 Å². The predicted molar refractivity (Wildman–Crippen MR) is 92.3 cm³/mol. The van der Waals surface area contributed by atoms with Crippen LogP contribution in [0.3, 0.4) is 0 Å². The Kier molecular flexibility index (Phi) is 4.40. The van der Waals surface area contributed by atoms with E-state index in [0.717, 1.165) is 25.9 Å². The van der Waals surface area contributed by atoms with Gasteiger partial charge in [-0.3, -0.25) is 4.79 Å². The van der Waals surface area contributed by atoms with Crippen LogP contribution in [0.1, 0.15) is 45.7 Å². The predicted octanol–water partition coefficient (Wildman–Crippen LogP) is 3.46. The van der Waals surface area contributed by atoms with Crippen molar-refractivity contribution in [1.82, 2.24) is 14.7 Å². The molecule has 6 nitrogen and oxygen atoms in total. The van der Waals surface area contributed by atoms with Crippen molar-refractivity contribution in [2.24, 2.45) is 11.8 Å². The van der Waals surface area contributed by atoms with E-state index in [2.05, 4.69) is 5.10 Å². The minimum atomic E-state index is -4.88. The summed E-state index contributed by atoms with van der Waals surface area (Å²) in [5.74, 6) is -0.735. The maximum absolute atomic E-state index is 13.3. The number of aromatic carboxylic acids is 1. The molecule has 2 aliphatic rings. The third-order valence-electron chi connectivity index (χ3n) is 5.64. The zero-order valence-corrected chi connectivity index (χ0v) is 14.8. The van der Waals surface area contributed by atoms with Crippen LogP contribution in [0.4, 0.5) is 13.2 Å². The van der Waals surface area contributed by atoms with Gasteiger partial charge in [0.15, 0.2) is 5.69 Å². The maximum Gasteiger partial charge on any atom is 0.434 e. The second kappa shape index (κ2) is 6.65. The minimum Gasteiger partial charge on any atom is -0.478 e. The van der Waals surface area contributed by atoms with E-state index in [1.165, 1.54) is 30.7 Å². The van der Waals surface area contributed by atoms with Gasteiger partial charge in [-0.25, -0.2) is 9.48 Å². The molecule has 0 radical (unpaired) electrons. The fourth-order valence-corrected chi connectivity index (χ4v) is 4.30. The van der Waals surface area contributed by atoms with Gasteiger partial charge in [0.05, 0.1) is 11.9 Å². The molecule has 1 aromatic carbocycles. The van der Waals surface area contributed by atoms with Crippen molar-refractivity contribution >= 4 is 11.9 Å². The van der Waals surface area contributed by atoms with E-state index in [4.69, 9.17) is 5.11 Å². The summed E-state index contributed by atoms with van der Waals surface area (Å²) in [6.07, 6.45) is -0.729. The zero-order chi connectivity index (χ0) is 20.1. The van der Waals surface area contributed by atoms with Crippen LogP contribution in [-0.2, 0) is 6.18 Å². The van der Waals surface area contributed by atoms with Gasteiger partial charge in [0.2, 0.25) is 0 Å². The molecule has 1 N–H and O–H groups in total. The number of likely N-dealkylation sites (tertiary alicyclic amines) is 1. The van der Waals surface area contributed by atoms with Gasteiger partial charge < -0.3 is 10.0 Å². The molecule has 1 aliphatic carbocycles. The molecule has 1 saturated heterocycles. The van der Waals surface area contributed by atoms with Gasteiger partial charge in [-0.2, -0.15) is 18.3 Å². The quantitative estimate of drug-likeness (QED) is 0.867. The largest absolute Gasteiger partial charge is 0.478 e. The monoisotopic (exact) mass is 393 g/mol. The van der Waals surface area contributed by atoms with Crippen LogP contribution in [0.15, 0.2) is 30.5 Å². The van der Waals surface area contributed by atoms with Crippen LogP contribution in [-0.4, -0.2) is 44.8 Å². The topological polar surface area (TPSA) is 75.4 Å². The standard InChI is InChI=1S/C19H18F3N3O3/c20-19(21,22)16-15(18(27)28)8-23-25(16)14-6-4-11(5-7-14)17(26)24-9-12-2-1-3-13(12)10-24/h4-8,12-13H,1-3,9-10H2,(H,27,28). The van der Waals surface area contributed by atoms with Crippen LogP contribution < -0.4 is 0 Å². The van der Waals surface area contributed by atoms with E-state index >= 15 is 0 Å². The molecule has 1 aliphatic heterocycles. The molecule has 2 heterocycles. The fraction of sp³-hybridized carbons (Fsp3) is 0.421. The summed E-state index contributed by atoms with van der Waals surface area (Å²) in [6, 6.07) is 5.60. The molecule has 0 spiro atoms. The summed E-state index contributed by atoms with van der Waals surface area (Å²) in [5, 5.41) is 12.6. The molecule has 2 aromatic rings. The normalized spacial score (nSPS) is 21.8. The number of carbonyl (C=O) groups is 2. The number of hydrogen-bond acceptors (Lipinski definition) is 3. The Labute approximate surface area is 158 Å². The lowest BCUT2D eigenvalue weighted by molar-refractivity contribution is -0.143. The molecular weight excluding hydrogens is 375 g/mol. The highest BCUT2D eigenvalue weighted by atomic mass is 19.4.